The van der Waals surface area contributed by atoms with E-state index in [1.54, 1.807) is 26.2 Å². The second-order valence-electron chi connectivity index (χ2n) is 9.98. The van der Waals surface area contributed by atoms with Crippen LogP contribution in [0.15, 0.2) is 46.4 Å². The number of alkyl halides is 1. The highest BCUT2D eigenvalue weighted by Crippen LogP contribution is 2.23. The number of fused-ring (bicyclic) bond motifs is 2. The van der Waals surface area contributed by atoms with Gasteiger partial charge in [0.2, 0.25) is 0 Å². The van der Waals surface area contributed by atoms with E-state index in [1.165, 1.54) is 0 Å². The largest absolute Gasteiger partial charge is 0.373 e. The molecule has 0 amide bonds. The van der Waals surface area contributed by atoms with Crippen LogP contribution in [0.4, 0.5) is 10.1 Å². The van der Waals surface area contributed by atoms with Crippen molar-refractivity contribution in [2.24, 2.45) is 7.05 Å². The highest BCUT2D eigenvalue weighted by molar-refractivity contribution is 5.81. The number of likely N-dealkylation sites (tertiary alicyclic amines) is 1. The van der Waals surface area contributed by atoms with Gasteiger partial charge in [0.25, 0.3) is 11.1 Å². The van der Waals surface area contributed by atoms with Crippen molar-refractivity contribution in [3.8, 4) is 0 Å². The molecule has 2 aliphatic heterocycles. The van der Waals surface area contributed by atoms with Crippen molar-refractivity contribution in [3.63, 3.8) is 0 Å². The Hall–Kier alpha value is -3.57. The summed E-state index contributed by atoms with van der Waals surface area (Å²) in [6, 6.07) is 7.60. The summed E-state index contributed by atoms with van der Waals surface area (Å²) in [5, 5.41) is 0.543. The van der Waals surface area contributed by atoms with Crippen molar-refractivity contribution in [1.29, 1.82) is 0 Å². The highest BCUT2D eigenvalue weighted by Gasteiger charge is 2.30. The lowest BCUT2D eigenvalue weighted by atomic mass is 10.1. The molecule has 4 aromatic rings. The van der Waals surface area contributed by atoms with Crippen LogP contribution in [-0.2, 0) is 24.9 Å². The lowest BCUT2D eigenvalue weighted by Crippen LogP contribution is -2.55. The van der Waals surface area contributed by atoms with Crippen molar-refractivity contribution in [2.75, 3.05) is 44.2 Å². The van der Waals surface area contributed by atoms with E-state index in [0.29, 0.717) is 61.6 Å². The fourth-order valence-electron chi connectivity index (χ4n) is 5.34. The molecule has 1 aromatic carbocycles. The monoisotopic (exact) mass is 507 g/mol. The Balaban J connectivity index is 1.21. The number of nitrogens with zero attached hydrogens (tertiary/aromatic N) is 7. The van der Waals surface area contributed by atoms with Crippen molar-refractivity contribution in [1.82, 2.24) is 28.6 Å². The Morgan fingerprint density at radius 1 is 1.11 bits per heavy atom. The van der Waals surface area contributed by atoms with Gasteiger partial charge < -0.3 is 18.8 Å². The number of aromatic nitrogens is 5. The molecule has 37 heavy (non-hydrogen) atoms. The van der Waals surface area contributed by atoms with Gasteiger partial charge in [-0.3, -0.25) is 19.1 Å². The van der Waals surface area contributed by atoms with Crippen molar-refractivity contribution < 1.29 is 9.13 Å². The van der Waals surface area contributed by atoms with Crippen LogP contribution in [0.5, 0.6) is 0 Å². The molecular formula is C26H30FN7O3. The Bertz CT molecular complexity index is 1590. The number of aryl methyl sites for hydroxylation is 3. The van der Waals surface area contributed by atoms with Gasteiger partial charge in [0, 0.05) is 64.7 Å². The third-order valence-corrected chi connectivity index (χ3v) is 7.43. The van der Waals surface area contributed by atoms with Crippen LogP contribution >= 0.6 is 0 Å². The lowest BCUT2D eigenvalue weighted by molar-refractivity contribution is -0.0202. The zero-order valence-electron chi connectivity index (χ0n) is 21.0. The minimum absolute atomic E-state index is 0.0216. The first kappa shape index (κ1) is 23.8. The van der Waals surface area contributed by atoms with E-state index in [1.807, 2.05) is 38.2 Å². The highest BCUT2D eigenvalue weighted by atomic mass is 19.1. The Kier molecular flexibility index (Phi) is 6.04. The van der Waals surface area contributed by atoms with E-state index in [2.05, 4.69) is 14.8 Å². The summed E-state index contributed by atoms with van der Waals surface area (Å²) in [6.07, 6.45) is 2.66. The van der Waals surface area contributed by atoms with Crippen LogP contribution in [-0.4, -0.2) is 80.2 Å². The topological polar surface area (TPSA) is 90.4 Å². The number of hydrogen-bond acceptors (Lipinski definition) is 7. The summed E-state index contributed by atoms with van der Waals surface area (Å²) in [7, 11) is 1.85. The molecule has 3 aromatic heterocycles. The van der Waals surface area contributed by atoms with E-state index in [-0.39, 0.29) is 17.2 Å². The maximum absolute atomic E-state index is 13.3. The number of rotatable bonds is 6. The molecule has 10 nitrogen and oxygen atoms in total. The van der Waals surface area contributed by atoms with E-state index < -0.39 is 6.17 Å². The molecule has 2 fully saturated rings. The van der Waals surface area contributed by atoms with Gasteiger partial charge in [-0.15, -0.1) is 0 Å². The van der Waals surface area contributed by atoms with Gasteiger partial charge in [0.15, 0.2) is 5.52 Å². The van der Waals surface area contributed by atoms with Crippen LogP contribution in [0.1, 0.15) is 5.82 Å². The fourth-order valence-corrected chi connectivity index (χ4v) is 5.34. The van der Waals surface area contributed by atoms with Crippen LogP contribution in [0.25, 0.3) is 21.9 Å². The molecule has 0 unspecified atom stereocenters. The molecule has 11 heteroatoms. The van der Waals surface area contributed by atoms with Crippen molar-refractivity contribution >= 4 is 27.6 Å². The zero-order valence-corrected chi connectivity index (χ0v) is 21.0. The summed E-state index contributed by atoms with van der Waals surface area (Å²) < 4.78 is 24.1. The molecule has 2 aliphatic rings. The average Bonchev–Trinajstić information content (AvgIpc) is 3.25. The van der Waals surface area contributed by atoms with E-state index >= 15 is 0 Å². The summed E-state index contributed by atoms with van der Waals surface area (Å²) in [5.74, 6) is 0.597. The number of halogens is 1. The molecule has 0 saturated carbocycles. The summed E-state index contributed by atoms with van der Waals surface area (Å²) in [6.45, 7) is 6.24. The van der Waals surface area contributed by atoms with Gasteiger partial charge in [0.05, 0.1) is 35.5 Å². The van der Waals surface area contributed by atoms with Gasteiger partial charge >= 0.3 is 0 Å². The molecule has 194 valence electrons. The quantitative estimate of drug-likeness (QED) is 0.389. The van der Waals surface area contributed by atoms with Crippen LogP contribution < -0.4 is 16.0 Å². The molecule has 0 N–H and O–H groups in total. The molecular weight excluding hydrogens is 477 g/mol. The van der Waals surface area contributed by atoms with Gasteiger partial charge in [-0.25, -0.2) is 14.4 Å². The van der Waals surface area contributed by atoms with Crippen LogP contribution in [0.2, 0.25) is 0 Å². The predicted octanol–water partition coefficient (Wildman–Crippen LogP) is 1.31. The fraction of sp³-hybridized carbons (Fsp3) is 0.462. The first-order valence-electron chi connectivity index (χ1n) is 12.6. The second-order valence-corrected chi connectivity index (χ2v) is 9.98. The maximum Gasteiger partial charge on any atom is 0.278 e. The smallest absolute Gasteiger partial charge is 0.278 e. The molecule has 0 spiro atoms. The third-order valence-electron chi connectivity index (χ3n) is 7.43. The standard InChI is InChI=1S/C26H30FN7O3/c1-17-29-22-11-19(33-9-10-37-20(15-33)14-31-12-18(27)13-31)3-4-21(22)25(35)34(17)8-7-32-6-5-23-24(26(32)36)28-16-30(23)2/h3-6,11,16,18,20H,7-10,12-15H2,1-2H3/t20-/m0/s1. The Morgan fingerprint density at radius 3 is 2.76 bits per heavy atom. The third kappa shape index (κ3) is 4.42. The van der Waals surface area contributed by atoms with Crippen molar-refractivity contribution in [3.05, 3.63) is 63.3 Å². The number of hydrogen-bond donors (Lipinski definition) is 0. The SMILES string of the molecule is Cc1nc2cc(N3CCO[C@@H](CN4CC(F)C4)C3)ccc2c(=O)n1CCn1ccc2c(ncn2C)c1=O. The second kappa shape index (κ2) is 9.38. The number of morpholine rings is 1. The number of ether oxygens (including phenoxy) is 1. The van der Waals surface area contributed by atoms with Crippen molar-refractivity contribution in [2.45, 2.75) is 32.3 Å². The Morgan fingerprint density at radius 2 is 1.95 bits per heavy atom. The number of benzene rings is 1. The molecule has 0 radical (unpaired) electrons. The lowest BCUT2D eigenvalue weighted by Gasteiger charge is -2.40. The van der Waals surface area contributed by atoms with Gasteiger partial charge in [-0.05, 0) is 31.2 Å². The van der Waals surface area contributed by atoms with Gasteiger partial charge in [-0.2, -0.15) is 0 Å². The number of imidazole rings is 1. The number of pyridine rings is 1. The summed E-state index contributed by atoms with van der Waals surface area (Å²) in [5.41, 5.74) is 2.53. The molecule has 2 saturated heterocycles. The van der Waals surface area contributed by atoms with E-state index in [4.69, 9.17) is 9.72 Å². The molecule has 0 bridgehead atoms. The predicted molar refractivity (Wildman–Crippen MR) is 139 cm³/mol. The molecule has 0 aliphatic carbocycles. The average molecular weight is 508 g/mol. The Labute approximate surface area is 212 Å². The maximum atomic E-state index is 13.3. The molecule has 6 rings (SSSR count). The van der Waals surface area contributed by atoms with Gasteiger partial charge in [-0.1, -0.05) is 0 Å². The van der Waals surface area contributed by atoms with Gasteiger partial charge in [0.1, 0.15) is 12.0 Å². The summed E-state index contributed by atoms with van der Waals surface area (Å²) >= 11 is 0. The first-order valence-corrected chi connectivity index (χ1v) is 12.6. The molecule has 5 heterocycles. The minimum Gasteiger partial charge on any atom is -0.373 e. The first-order chi connectivity index (χ1) is 17.9. The number of anilines is 1. The summed E-state index contributed by atoms with van der Waals surface area (Å²) in [4.78, 5) is 39.4. The minimum atomic E-state index is -0.718. The van der Waals surface area contributed by atoms with Crippen LogP contribution in [0.3, 0.4) is 0 Å². The van der Waals surface area contributed by atoms with E-state index in [9.17, 15) is 14.0 Å². The van der Waals surface area contributed by atoms with E-state index in [0.717, 1.165) is 24.3 Å². The zero-order chi connectivity index (χ0) is 25.7. The normalized spacial score (nSPS) is 19.1. The molecule has 1 atom stereocenters. The van der Waals surface area contributed by atoms with Crippen LogP contribution in [0, 0.1) is 6.92 Å².